The number of hydrogen-bond acceptors (Lipinski definition) is 5. The Hall–Kier alpha value is -2.31. The number of urea groups is 1. The molecular weight excluding hydrogens is 260 g/mol. The van der Waals surface area contributed by atoms with Crippen LogP contribution in [0, 0.1) is 13.8 Å². The number of carbonyl (C=O) groups excluding carboxylic acids is 1. The topological polar surface area (TPSA) is 93.2 Å². The number of carbonyl (C=O) groups is 1. The van der Waals surface area contributed by atoms with Gasteiger partial charge in [-0.25, -0.2) is 4.79 Å². The smallest absolute Gasteiger partial charge is 0.324 e. The van der Waals surface area contributed by atoms with E-state index in [0.29, 0.717) is 11.7 Å². The Bertz CT molecular complexity index is 622. The van der Waals surface area contributed by atoms with Gasteiger partial charge in [0.25, 0.3) is 5.89 Å². The quantitative estimate of drug-likeness (QED) is 0.881. The van der Waals surface area contributed by atoms with Gasteiger partial charge in [0.1, 0.15) is 11.5 Å². The third-order valence-electron chi connectivity index (χ3n) is 2.41. The second kappa shape index (κ2) is 4.99. The van der Waals surface area contributed by atoms with E-state index in [1.54, 1.807) is 0 Å². The molecule has 0 spiro atoms. The van der Waals surface area contributed by atoms with E-state index >= 15 is 0 Å². The fraction of sp³-hybridized carbons (Fsp3) is 0.462. The van der Waals surface area contributed by atoms with Crippen molar-refractivity contribution in [1.82, 2.24) is 15.5 Å². The minimum absolute atomic E-state index is 0.0417. The van der Waals surface area contributed by atoms with Gasteiger partial charge in [0.05, 0.1) is 5.56 Å². The molecule has 2 rings (SSSR count). The Labute approximate surface area is 116 Å². The molecule has 7 nitrogen and oxygen atoms in total. The highest BCUT2D eigenvalue weighted by Crippen LogP contribution is 2.26. The van der Waals surface area contributed by atoms with Crippen LogP contribution in [-0.2, 0) is 0 Å². The van der Waals surface area contributed by atoms with Crippen molar-refractivity contribution >= 4 is 12.0 Å². The molecular formula is C13H18N4O3. The Morgan fingerprint density at radius 3 is 2.45 bits per heavy atom. The summed E-state index contributed by atoms with van der Waals surface area (Å²) in [6, 6.07) is 1.45. The molecule has 0 aliphatic heterocycles. The van der Waals surface area contributed by atoms with Crippen LogP contribution in [-0.4, -0.2) is 21.8 Å². The first-order valence-corrected chi connectivity index (χ1v) is 6.25. The van der Waals surface area contributed by atoms with E-state index in [1.807, 2.05) is 40.7 Å². The zero-order valence-corrected chi connectivity index (χ0v) is 12.2. The van der Waals surface area contributed by atoms with Gasteiger partial charge in [-0.1, -0.05) is 5.10 Å². The number of furan rings is 1. The number of amides is 2. The molecule has 0 aliphatic carbocycles. The fourth-order valence-electron chi connectivity index (χ4n) is 1.69. The number of hydrogen-bond donors (Lipinski definition) is 2. The van der Waals surface area contributed by atoms with E-state index < -0.39 is 6.03 Å². The average molecular weight is 278 g/mol. The molecule has 2 aromatic heterocycles. The van der Waals surface area contributed by atoms with Gasteiger partial charge in [-0.3, -0.25) is 5.32 Å². The summed E-state index contributed by atoms with van der Waals surface area (Å²) in [7, 11) is 0. The monoisotopic (exact) mass is 278 g/mol. The van der Waals surface area contributed by atoms with Crippen molar-refractivity contribution in [2.45, 2.75) is 40.2 Å². The van der Waals surface area contributed by atoms with Crippen molar-refractivity contribution in [1.29, 1.82) is 0 Å². The van der Waals surface area contributed by atoms with Crippen LogP contribution in [0.3, 0.4) is 0 Å². The second-order valence-corrected chi connectivity index (χ2v) is 5.57. The third kappa shape index (κ3) is 3.37. The molecule has 0 saturated carbocycles. The Balaban J connectivity index is 2.10. The molecule has 2 N–H and O–H groups in total. The predicted molar refractivity (Wildman–Crippen MR) is 73.4 cm³/mol. The van der Waals surface area contributed by atoms with E-state index in [4.69, 9.17) is 8.83 Å². The van der Waals surface area contributed by atoms with Crippen LogP contribution in [0.25, 0.3) is 11.5 Å². The van der Waals surface area contributed by atoms with E-state index in [0.717, 1.165) is 11.3 Å². The van der Waals surface area contributed by atoms with Crippen LogP contribution in [0.15, 0.2) is 14.9 Å². The van der Waals surface area contributed by atoms with Gasteiger partial charge in [-0.05, 0) is 40.7 Å². The van der Waals surface area contributed by atoms with Crippen LogP contribution in [0.4, 0.5) is 10.8 Å². The number of aryl methyl sites for hydroxylation is 2. The van der Waals surface area contributed by atoms with Gasteiger partial charge >= 0.3 is 12.0 Å². The lowest BCUT2D eigenvalue weighted by atomic mass is 10.1. The van der Waals surface area contributed by atoms with Crippen molar-refractivity contribution < 1.29 is 13.6 Å². The van der Waals surface area contributed by atoms with Crippen molar-refractivity contribution in [3.63, 3.8) is 0 Å². The summed E-state index contributed by atoms with van der Waals surface area (Å²) in [5.41, 5.74) is 0.379. The first-order valence-electron chi connectivity index (χ1n) is 6.25. The van der Waals surface area contributed by atoms with E-state index in [9.17, 15) is 4.79 Å². The minimum atomic E-state index is -0.396. The van der Waals surface area contributed by atoms with Gasteiger partial charge in [-0.15, -0.1) is 5.10 Å². The molecule has 0 unspecified atom stereocenters. The number of nitrogens with zero attached hydrogens (tertiary/aromatic N) is 2. The van der Waals surface area contributed by atoms with Crippen LogP contribution in [0.2, 0.25) is 0 Å². The molecule has 0 atom stereocenters. The van der Waals surface area contributed by atoms with Crippen LogP contribution in [0.1, 0.15) is 32.3 Å². The largest absolute Gasteiger partial charge is 0.466 e. The lowest BCUT2D eigenvalue weighted by molar-refractivity contribution is 0.243. The molecule has 0 radical (unpaired) electrons. The SMILES string of the molecule is Cc1cc(-c2nnc(NC(=O)NC(C)(C)C)o2)c(C)o1. The maximum Gasteiger partial charge on any atom is 0.324 e. The van der Waals surface area contributed by atoms with Crippen molar-refractivity contribution in [2.75, 3.05) is 5.32 Å². The second-order valence-electron chi connectivity index (χ2n) is 5.57. The molecule has 7 heteroatoms. The molecule has 0 saturated heterocycles. The zero-order valence-electron chi connectivity index (χ0n) is 12.2. The summed E-state index contributed by atoms with van der Waals surface area (Å²) in [6.07, 6.45) is 0. The molecule has 20 heavy (non-hydrogen) atoms. The first-order chi connectivity index (χ1) is 9.24. The van der Waals surface area contributed by atoms with Gasteiger partial charge in [-0.2, -0.15) is 0 Å². The van der Waals surface area contributed by atoms with Crippen molar-refractivity contribution in [2.24, 2.45) is 0 Å². The molecule has 2 amide bonds. The van der Waals surface area contributed by atoms with Crippen LogP contribution < -0.4 is 10.6 Å². The summed E-state index contributed by atoms with van der Waals surface area (Å²) in [4.78, 5) is 11.7. The zero-order chi connectivity index (χ0) is 14.9. The molecule has 0 aromatic carbocycles. The van der Waals surface area contributed by atoms with Gasteiger partial charge in [0.15, 0.2) is 0 Å². The van der Waals surface area contributed by atoms with Crippen molar-refractivity contribution in [3.05, 3.63) is 17.6 Å². The normalized spacial score (nSPS) is 11.4. The number of anilines is 1. The lowest BCUT2D eigenvalue weighted by Gasteiger charge is -2.19. The molecule has 2 heterocycles. The lowest BCUT2D eigenvalue weighted by Crippen LogP contribution is -2.43. The molecule has 108 valence electrons. The summed E-state index contributed by atoms with van der Waals surface area (Å²) < 4.78 is 10.8. The Morgan fingerprint density at radius 1 is 1.20 bits per heavy atom. The average Bonchev–Trinajstić information content (AvgIpc) is 2.82. The number of aromatic nitrogens is 2. The molecule has 0 bridgehead atoms. The summed E-state index contributed by atoms with van der Waals surface area (Å²) >= 11 is 0. The highest BCUT2D eigenvalue weighted by Gasteiger charge is 2.18. The van der Waals surface area contributed by atoms with E-state index in [-0.39, 0.29) is 11.6 Å². The van der Waals surface area contributed by atoms with Gasteiger partial charge in [0, 0.05) is 5.54 Å². The summed E-state index contributed by atoms with van der Waals surface area (Å²) in [5.74, 6) is 1.76. The van der Waals surface area contributed by atoms with Crippen molar-refractivity contribution in [3.8, 4) is 11.5 Å². The fourth-order valence-corrected chi connectivity index (χ4v) is 1.69. The Kier molecular flexibility index (Phi) is 3.52. The predicted octanol–water partition coefficient (Wildman–Crippen LogP) is 2.87. The van der Waals surface area contributed by atoms with Gasteiger partial charge in [0.2, 0.25) is 0 Å². The molecule has 2 aromatic rings. The van der Waals surface area contributed by atoms with Crippen LogP contribution in [0.5, 0.6) is 0 Å². The minimum Gasteiger partial charge on any atom is -0.466 e. The standard InChI is InChI=1S/C13H18N4O3/c1-7-6-9(8(2)19-7)10-16-17-12(20-10)14-11(18)15-13(3,4)5/h6H,1-5H3,(H2,14,15,17,18). The maximum atomic E-state index is 11.7. The number of rotatable bonds is 2. The highest BCUT2D eigenvalue weighted by molar-refractivity contribution is 5.87. The first kappa shape index (κ1) is 14.1. The summed E-state index contributed by atoms with van der Waals surface area (Å²) in [6.45, 7) is 9.28. The summed E-state index contributed by atoms with van der Waals surface area (Å²) in [5, 5.41) is 12.9. The maximum absolute atomic E-state index is 11.7. The highest BCUT2D eigenvalue weighted by atomic mass is 16.4. The molecule has 0 aliphatic rings. The van der Waals surface area contributed by atoms with E-state index in [2.05, 4.69) is 20.8 Å². The van der Waals surface area contributed by atoms with E-state index in [1.165, 1.54) is 0 Å². The number of nitrogens with one attached hydrogen (secondary N) is 2. The van der Waals surface area contributed by atoms with Crippen LogP contribution >= 0.6 is 0 Å². The Morgan fingerprint density at radius 2 is 1.90 bits per heavy atom. The van der Waals surface area contributed by atoms with Gasteiger partial charge < -0.3 is 14.2 Å². The molecule has 0 fully saturated rings. The third-order valence-corrected chi connectivity index (χ3v) is 2.41.